The summed E-state index contributed by atoms with van der Waals surface area (Å²) in [5.41, 5.74) is 0. The lowest BCUT2D eigenvalue weighted by Gasteiger charge is -2.08. The van der Waals surface area contributed by atoms with Crippen LogP contribution >= 0.6 is 0 Å². The van der Waals surface area contributed by atoms with Crippen molar-refractivity contribution in [3.63, 3.8) is 0 Å². The molecule has 0 aromatic rings. The number of carbonyl (C=O) groups is 1. The lowest BCUT2D eigenvalue weighted by atomic mass is 10.2. The Hall–Kier alpha value is -1.00. The molecule has 0 N–H and O–H groups in total. The third kappa shape index (κ3) is 4.55. The van der Waals surface area contributed by atoms with Crippen LogP contribution in [0.15, 0.2) is 11.8 Å². The molecule has 2 nitrogen and oxygen atoms in total. The highest BCUT2D eigenvalue weighted by atomic mass is 19.4. The molecule has 76 valence electrons. The van der Waals surface area contributed by atoms with E-state index in [0.29, 0.717) is 12.5 Å². The minimum Gasteiger partial charge on any atom is -0.492 e. The predicted octanol–water partition coefficient (Wildman–Crippen LogP) is 2.45. The fourth-order valence-corrected chi connectivity index (χ4v) is 0.721. The van der Waals surface area contributed by atoms with Gasteiger partial charge in [0.05, 0.1) is 7.11 Å². The fourth-order valence-electron chi connectivity index (χ4n) is 0.721. The Morgan fingerprint density at radius 2 is 2.00 bits per heavy atom. The summed E-state index contributed by atoms with van der Waals surface area (Å²) in [4.78, 5) is 10.8. The molecule has 0 saturated carbocycles. The van der Waals surface area contributed by atoms with Crippen LogP contribution in [0.3, 0.4) is 0 Å². The third-order valence-corrected chi connectivity index (χ3v) is 1.29. The van der Waals surface area contributed by atoms with Crippen molar-refractivity contribution in [2.45, 2.75) is 25.9 Å². The van der Waals surface area contributed by atoms with Gasteiger partial charge in [0.1, 0.15) is 0 Å². The van der Waals surface area contributed by atoms with Gasteiger partial charge in [0.25, 0.3) is 0 Å². The molecule has 0 aliphatic carbocycles. The first-order valence-electron chi connectivity index (χ1n) is 3.77. The molecule has 0 aromatic carbocycles. The van der Waals surface area contributed by atoms with Gasteiger partial charge >= 0.3 is 6.18 Å². The van der Waals surface area contributed by atoms with Crippen LogP contribution in [0.25, 0.3) is 0 Å². The number of allylic oxidation sites excluding steroid dienone is 2. The van der Waals surface area contributed by atoms with E-state index in [1.807, 2.05) is 0 Å². The molecule has 0 fully saturated rings. The smallest absolute Gasteiger partial charge is 0.449 e. The highest BCUT2D eigenvalue weighted by Crippen LogP contribution is 2.25. The first-order valence-corrected chi connectivity index (χ1v) is 3.77. The van der Waals surface area contributed by atoms with Crippen molar-refractivity contribution in [3.8, 4) is 0 Å². The predicted molar refractivity (Wildman–Crippen MR) is 41.1 cm³/mol. The first-order chi connectivity index (χ1) is 5.91. The number of rotatable bonds is 4. The van der Waals surface area contributed by atoms with Gasteiger partial charge in [0.15, 0.2) is 5.78 Å². The van der Waals surface area contributed by atoms with Gasteiger partial charge in [-0.3, -0.25) is 4.79 Å². The Morgan fingerprint density at radius 3 is 2.31 bits per heavy atom. The van der Waals surface area contributed by atoms with Gasteiger partial charge in [-0.2, -0.15) is 13.2 Å². The molecule has 0 bridgehead atoms. The number of carbonyl (C=O) groups excluding carboxylic acids is 1. The molecule has 0 aliphatic rings. The van der Waals surface area contributed by atoms with Gasteiger partial charge in [0, 0.05) is 12.5 Å². The molecule has 0 saturated heterocycles. The normalized spacial score (nSPS) is 12.8. The van der Waals surface area contributed by atoms with Gasteiger partial charge in [-0.05, 0) is 6.42 Å². The standard InChI is InChI=1S/C8H11F3O2/c1-3-4-6(12)5-7(13-2)8(9,10)11/h5H,3-4H2,1-2H3/b7-5-. The van der Waals surface area contributed by atoms with Crippen molar-refractivity contribution >= 4 is 5.78 Å². The maximum Gasteiger partial charge on any atom is 0.449 e. The summed E-state index contributed by atoms with van der Waals surface area (Å²) in [5, 5.41) is 0. The van der Waals surface area contributed by atoms with Gasteiger partial charge < -0.3 is 4.74 Å². The summed E-state index contributed by atoms with van der Waals surface area (Å²) in [7, 11) is 0.887. The van der Waals surface area contributed by atoms with Crippen LogP contribution in [-0.4, -0.2) is 19.1 Å². The SMILES string of the molecule is CCCC(=O)/C=C(\OC)C(F)(F)F. The molecule has 13 heavy (non-hydrogen) atoms. The molecule has 0 amide bonds. The second kappa shape index (κ2) is 4.89. The van der Waals surface area contributed by atoms with Crippen molar-refractivity contribution < 1.29 is 22.7 Å². The van der Waals surface area contributed by atoms with E-state index in [2.05, 4.69) is 4.74 Å². The number of alkyl halides is 3. The summed E-state index contributed by atoms with van der Waals surface area (Å²) in [6.45, 7) is 1.71. The molecule has 0 unspecified atom stereocenters. The van der Waals surface area contributed by atoms with Gasteiger partial charge in [-0.25, -0.2) is 0 Å². The zero-order valence-corrected chi connectivity index (χ0v) is 7.44. The minimum atomic E-state index is -4.59. The molecule has 0 spiro atoms. The van der Waals surface area contributed by atoms with Crippen LogP contribution in [0.4, 0.5) is 13.2 Å². The van der Waals surface area contributed by atoms with Crippen molar-refractivity contribution in [1.82, 2.24) is 0 Å². The van der Waals surface area contributed by atoms with E-state index >= 15 is 0 Å². The zero-order valence-electron chi connectivity index (χ0n) is 7.44. The number of hydrogen-bond acceptors (Lipinski definition) is 2. The lowest BCUT2D eigenvalue weighted by Crippen LogP contribution is -2.15. The number of hydrogen-bond donors (Lipinski definition) is 0. The van der Waals surface area contributed by atoms with Crippen molar-refractivity contribution in [2.24, 2.45) is 0 Å². The van der Waals surface area contributed by atoms with Crippen LogP contribution in [-0.2, 0) is 9.53 Å². The van der Waals surface area contributed by atoms with Crippen molar-refractivity contribution in [1.29, 1.82) is 0 Å². The van der Waals surface area contributed by atoms with Gasteiger partial charge in [-0.1, -0.05) is 6.92 Å². The summed E-state index contributed by atoms with van der Waals surface area (Å²) in [6.07, 6.45) is -3.48. The number of ketones is 1. The Bertz CT molecular complexity index is 206. The maximum atomic E-state index is 12.0. The summed E-state index contributed by atoms with van der Waals surface area (Å²) in [5.74, 6) is -1.82. The maximum absolute atomic E-state index is 12.0. The van der Waals surface area contributed by atoms with E-state index in [1.165, 1.54) is 0 Å². The van der Waals surface area contributed by atoms with E-state index in [4.69, 9.17) is 0 Å². The molecule has 0 aliphatic heterocycles. The van der Waals surface area contributed by atoms with Gasteiger partial charge in [0.2, 0.25) is 5.76 Å². The second-order valence-corrected chi connectivity index (χ2v) is 2.43. The molecule has 0 atom stereocenters. The monoisotopic (exact) mass is 196 g/mol. The molecule has 0 radical (unpaired) electrons. The minimum absolute atomic E-state index is 0.100. The average molecular weight is 196 g/mol. The van der Waals surface area contributed by atoms with Gasteiger partial charge in [-0.15, -0.1) is 0 Å². The Labute approximate surface area is 74.4 Å². The molecule has 0 aromatic heterocycles. The Kier molecular flexibility index (Phi) is 4.51. The molecular weight excluding hydrogens is 185 g/mol. The Morgan fingerprint density at radius 1 is 1.46 bits per heavy atom. The topological polar surface area (TPSA) is 26.3 Å². The number of methoxy groups -OCH3 is 1. The van der Waals surface area contributed by atoms with Crippen LogP contribution in [0.1, 0.15) is 19.8 Å². The molecule has 0 rings (SSSR count). The average Bonchev–Trinajstić information content (AvgIpc) is 1.98. The fraction of sp³-hybridized carbons (Fsp3) is 0.625. The third-order valence-electron chi connectivity index (χ3n) is 1.29. The number of ether oxygens (including phenoxy) is 1. The van der Waals surface area contributed by atoms with E-state index in [1.54, 1.807) is 6.92 Å². The van der Waals surface area contributed by atoms with E-state index in [9.17, 15) is 18.0 Å². The largest absolute Gasteiger partial charge is 0.492 e. The molecular formula is C8H11F3O2. The Balaban J connectivity index is 4.48. The molecule has 5 heteroatoms. The summed E-state index contributed by atoms with van der Waals surface area (Å²) >= 11 is 0. The zero-order chi connectivity index (χ0) is 10.5. The van der Waals surface area contributed by atoms with E-state index in [0.717, 1.165) is 7.11 Å². The van der Waals surface area contributed by atoms with Crippen LogP contribution < -0.4 is 0 Å². The van der Waals surface area contributed by atoms with Crippen LogP contribution in [0.2, 0.25) is 0 Å². The summed E-state index contributed by atoms with van der Waals surface area (Å²) in [6, 6.07) is 0. The van der Waals surface area contributed by atoms with Crippen LogP contribution in [0, 0.1) is 0 Å². The van der Waals surface area contributed by atoms with Crippen molar-refractivity contribution in [3.05, 3.63) is 11.8 Å². The highest BCUT2D eigenvalue weighted by Gasteiger charge is 2.35. The van der Waals surface area contributed by atoms with Crippen molar-refractivity contribution in [2.75, 3.05) is 7.11 Å². The second-order valence-electron chi connectivity index (χ2n) is 2.43. The van der Waals surface area contributed by atoms with E-state index < -0.39 is 17.7 Å². The molecule has 0 heterocycles. The van der Waals surface area contributed by atoms with E-state index in [-0.39, 0.29) is 6.42 Å². The first kappa shape index (κ1) is 12.0. The summed E-state index contributed by atoms with van der Waals surface area (Å²) < 4.78 is 40.0. The van der Waals surface area contributed by atoms with Crippen LogP contribution in [0.5, 0.6) is 0 Å². The quantitative estimate of drug-likeness (QED) is 0.510. The number of halogens is 3. The lowest BCUT2D eigenvalue weighted by molar-refractivity contribution is -0.129. The highest BCUT2D eigenvalue weighted by molar-refractivity contribution is 5.90.